The Morgan fingerprint density at radius 1 is 1.24 bits per heavy atom. The lowest BCUT2D eigenvalue weighted by Gasteiger charge is -2.10. The maximum atomic E-state index is 11.9. The molecule has 8 heteroatoms. The molecule has 128 valence electrons. The highest BCUT2D eigenvalue weighted by atomic mass is 32.2. The van der Waals surface area contributed by atoms with Crippen molar-refractivity contribution < 1.29 is 9.59 Å². The minimum atomic E-state index is -0.858. The Morgan fingerprint density at radius 3 is 2.64 bits per heavy atom. The summed E-state index contributed by atoms with van der Waals surface area (Å²) in [5, 5.41) is 3.20. The average molecular weight is 372 g/mol. The fourth-order valence-corrected chi connectivity index (χ4v) is 4.39. The Balaban J connectivity index is 1.96. The van der Waals surface area contributed by atoms with E-state index in [9.17, 15) is 9.59 Å². The summed E-state index contributed by atoms with van der Waals surface area (Å²) >= 11 is 2.87. The van der Waals surface area contributed by atoms with Gasteiger partial charge in [-0.25, -0.2) is 14.8 Å². The number of rotatable bonds is 4. The van der Waals surface area contributed by atoms with Crippen LogP contribution < -0.4 is 11.1 Å². The Labute approximate surface area is 152 Å². The number of carbonyl (C=O) groups is 2. The number of amides is 3. The van der Waals surface area contributed by atoms with E-state index < -0.39 is 17.2 Å². The fraction of sp³-hybridized carbons (Fsp3) is 0.176. The molecular weight excluding hydrogens is 356 g/mol. The number of benzene rings is 1. The van der Waals surface area contributed by atoms with Gasteiger partial charge in [0.1, 0.15) is 15.7 Å². The number of hydrogen-bond acceptors (Lipinski definition) is 6. The first kappa shape index (κ1) is 17.4. The van der Waals surface area contributed by atoms with Gasteiger partial charge in [-0.15, -0.1) is 11.3 Å². The molecule has 2 heterocycles. The minimum Gasteiger partial charge on any atom is -0.351 e. The molecule has 0 saturated carbocycles. The highest BCUT2D eigenvalue weighted by molar-refractivity contribution is 8.00. The number of thioether (sulfide) groups is 1. The van der Waals surface area contributed by atoms with Crippen molar-refractivity contribution in [3.05, 3.63) is 42.2 Å². The van der Waals surface area contributed by atoms with E-state index in [1.54, 1.807) is 18.3 Å². The van der Waals surface area contributed by atoms with Crippen LogP contribution in [0.25, 0.3) is 20.7 Å². The molecule has 1 atom stereocenters. The van der Waals surface area contributed by atoms with Crippen molar-refractivity contribution in [3.8, 4) is 10.4 Å². The zero-order valence-corrected chi connectivity index (χ0v) is 15.3. The first-order valence-electron chi connectivity index (χ1n) is 7.54. The van der Waals surface area contributed by atoms with Gasteiger partial charge in [-0.2, -0.15) is 0 Å². The van der Waals surface area contributed by atoms with Crippen molar-refractivity contribution in [2.75, 3.05) is 0 Å². The van der Waals surface area contributed by atoms with E-state index in [2.05, 4.69) is 15.3 Å². The Morgan fingerprint density at radius 2 is 1.96 bits per heavy atom. The molecule has 0 radical (unpaired) electrons. The molecule has 1 aromatic carbocycles. The molecule has 0 unspecified atom stereocenters. The minimum absolute atomic E-state index is 0.444. The zero-order valence-electron chi connectivity index (χ0n) is 13.6. The topological polar surface area (TPSA) is 98.0 Å². The van der Waals surface area contributed by atoms with Crippen LogP contribution in [0.5, 0.6) is 0 Å². The van der Waals surface area contributed by atoms with Gasteiger partial charge >= 0.3 is 6.03 Å². The lowest BCUT2D eigenvalue weighted by atomic mass is 10.2. The number of nitrogens with two attached hydrogens (primary N) is 1. The predicted molar refractivity (Wildman–Crippen MR) is 101 cm³/mol. The van der Waals surface area contributed by atoms with E-state index in [4.69, 9.17) is 5.73 Å². The van der Waals surface area contributed by atoms with Gasteiger partial charge in [0.2, 0.25) is 5.91 Å². The average Bonchev–Trinajstić information content (AvgIpc) is 2.99. The van der Waals surface area contributed by atoms with Crippen LogP contribution in [0.3, 0.4) is 0 Å². The molecule has 0 fully saturated rings. The number of nitrogens with one attached hydrogen (secondary N) is 1. The molecule has 6 nitrogen and oxygen atoms in total. The Bertz CT molecular complexity index is 940. The predicted octanol–water partition coefficient (Wildman–Crippen LogP) is 3.34. The second-order valence-electron chi connectivity index (χ2n) is 5.39. The molecule has 3 aromatic rings. The molecule has 0 aliphatic rings. The van der Waals surface area contributed by atoms with Crippen molar-refractivity contribution in [2.24, 2.45) is 5.73 Å². The second kappa shape index (κ2) is 7.20. The highest BCUT2D eigenvalue weighted by Gasteiger charge is 2.20. The van der Waals surface area contributed by atoms with Gasteiger partial charge in [-0.1, -0.05) is 42.1 Å². The number of imide groups is 1. The summed E-state index contributed by atoms with van der Waals surface area (Å²) in [7, 11) is 0. The molecule has 0 bridgehead atoms. The molecule has 3 rings (SSSR count). The quantitative estimate of drug-likeness (QED) is 0.541. The number of carbonyl (C=O) groups excluding carboxylic acids is 2. The molecule has 2 aromatic heterocycles. The van der Waals surface area contributed by atoms with Crippen LogP contribution in [-0.2, 0) is 4.79 Å². The third-order valence-electron chi connectivity index (χ3n) is 3.43. The van der Waals surface area contributed by atoms with Crippen molar-refractivity contribution in [1.29, 1.82) is 0 Å². The molecule has 0 spiro atoms. The van der Waals surface area contributed by atoms with Crippen LogP contribution in [0.2, 0.25) is 0 Å². The fourth-order valence-electron chi connectivity index (χ4n) is 2.28. The number of hydrogen-bond donors (Lipinski definition) is 2. The first-order chi connectivity index (χ1) is 11.9. The SMILES string of the molecule is Cc1nc(S[C@@H](C)C(=O)NC(N)=O)c2cc(-c3ccccc3)sc2n1. The van der Waals surface area contributed by atoms with Gasteiger partial charge in [-0.05, 0) is 25.5 Å². The summed E-state index contributed by atoms with van der Waals surface area (Å²) in [4.78, 5) is 33.7. The summed E-state index contributed by atoms with van der Waals surface area (Å²) in [6.45, 7) is 3.52. The van der Waals surface area contributed by atoms with E-state index in [0.29, 0.717) is 10.9 Å². The maximum Gasteiger partial charge on any atom is 0.318 e. The van der Waals surface area contributed by atoms with E-state index in [-0.39, 0.29) is 0 Å². The molecule has 0 aliphatic heterocycles. The summed E-state index contributed by atoms with van der Waals surface area (Å²) in [6.07, 6.45) is 0. The van der Waals surface area contributed by atoms with Gasteiger partial charge in [0.15, 0.2) is 0 Å². The third-order valence-corrected chi connectivity index (χ3v) is 5.61. The number of primary amides is 1. The van der Waals surface area contributed by atoms with Gasteiger partial charge < -0.3 is 5.73 Å². The van der Waals surface area contributed by atoms with Crippen LogP contribution in [0, 0.1) is 6.92 Å². The lowest BCUT2D eigenvalue weighted by Crippen LogP contribution is -2.39. The second-order valence-corrected chi connectivity index (χ2v) is 7.75. The highest BCUT2D eigenvalue weighted by Crippen LogP contribution is 2.37. The molecule has 3 amide bonds. The molecule has 25 heavy (non-hydrogen) atoms. The monoisotopic (exact) mass is 372 g/mol. The summed E-state index contributed by atoms with van der Waals surface area (Å²) < 4.78 is 0. The number of fused-ring (bicyclic) bond motifs is 1. The van der Waals surface area contributed by atoms with Gasteiger partial charge in [0, 0.05) is 10.3 Å². The Hall–Kier alpha value is -2.45. The molecule has 3 N–H and O–H groups in total. The van der Waals surface area contributed by atoms with Crippen LogP contribution in [-0.4, -0.2) is 27.2 Å². The summed E-state index contributed by atoms with van der Waals surface area (Å²) in [5.74, 6) is 0.194. The van der Waals surface area contributed by atoms with E-state index in [0.717, 1.165) is 20.7 Å². The maximum absolute atomic E-state index is 11.9. The molecule has 0 aliphatic carbocycles. The van der Waals surface area contributed by atoms with E-state index in [1.165, 1.54) is 11.8 Å². The summed E-state index contributed by atoms with van der Waals surface area (Å²) in [5.41, 5.74) is 6.11. The van der Waals surface area contributed by atoms with Crippen LogP contribution in [0.4, 0.5) is 4.79 Å². The van der Waals surface area contributed by atoms with Crippen LogP contribution in [0.1, 0.15) is 12.7 Å². The van der Waals surface area contributed by atoms with Gasteiger partial charge in [0.05, 0.1) is 5.25 Å². The van der Waals surface area contributed by atoms with Crippen molar-refractivity contribution in [1.82, 2.24) is 15.3 Å². The Kier molecular flexibility index (Phi) is 5.00. The molecule has 0 saturated heterocycles. The van der Waals surface area contributed by atoms with E-state index in [1.807, 2.05) is 43.3 Å². The number of nitrogens with zero attached hydrogens (tertiary/aromatic N) is 2. The van der Waals surface area contributed by atoms with Crippen molar-refractivity contribution >= 4 is 45.3 Å². The number of urea groups is 1. The molecular formula is C17H16N4O2S2. The van der Waals surface area contributed by atoms with Crippen LogP contribution in [0.15, 0.2) is 41.4 Å². The lowest BCUT2D eigenvalue weighted by molar-refractivity contribution is -0.119. The van der Waals surface area contributed by atoms with Crippen LogP contribution >= 0.6 is 23.1 Å². The largest absolute Gasteiger partial charge is 0.351 e. The number of aromatic nitrogens is 2. The first-order valence-corrected chi connectivity index (χ1v) is 9.24. The van der Waals surface area contributed by atoms with Crippen molar-refractivity contribution in [2.45, 2.75) is 24.1 Å². The van der Waals surface area contributed by atoms with E-state index >= 15 is 0 Å². The standard InChI is InChI=1S/C17H16N4O2S2/c1-9(14(22)21-17(18)23)24-15-12-8-13(11-6-4-3-5-7-11)25-16(12)20-10(2)19-15/h3-9H,1-2H3,(H3,18,21,22,23)/t9-/m0/s1. The third kappa shape index (κ3) is 3.97. The van der Waals surface area contributed by atoms with Gasteiger partial charge in [0.25, 0.3) is 0 Å². The number of thiophene rings is 1. The number of aryl methyl sites for hydroxylation is 1. The summed E-state index contributed by atoms with van der Waals surface area (Å²) in [6, 6.07) is 11.2. The smallest absolute Gasteiger partial charge is 0.318 e. The van der Waals surface area contributed by atoms with Crippen molar-refractivity contribution in [3.63, 3.8) is 0 Å². The van der Waals surface area contributed by atoms with Gasteiger partial charge in [-0.3, -0.25) is 10.1 Å². The normalized spacial score (nSPS) is 12.1. The zero-order chi connectivity index (χ0) is 18.0.